The number of ether oxygens (including phenoxy) is 2. The molecule has 0 spiro atoms. The van der Waals surface area contributed by atoms with E-state index >= 15 is 0 Å². The molecular formula is C21H20N6O3. The van der Waals surface area contributed by atoms with Gasteiger partial charge in [0.1, 0.15) is 29.9 Å². The molecule has 0 radical (unpaired) electrons. The van der Waals surface area contributed by atoms with Crippen LogP contribution in [0.5, 0.6) is 11.5 Å². The molecule has 9 heteroatoms. The first-order chi connectivity index (χ1) is 14.7. The summed E-state index contributed by atoms with van der Waals surface area (Å²) in [7, 11) is 0. The fraction of sp³-hybridized carbons (Fsp3) is 0.238. The third kappa shape index (κ3) is 3.62. The van der Waals surface area contributed by atoms with Crippen molar-refractivity contribution >= 4 is 17.4 Å². The van der Waals surface area contributed by atoms with Crippen molar-refractivity contribution in [2.45, 2.75) is 18.6 Å². The third-order valence-corrected chi connectivity index (χ3v) is 5.10. The summed E-state index contributed by atoms with van der Waals surface area (Å²) in [4.78, 5) is 25.6. The van der Waals surface area contributed by atoms with E-state index < -0.39 is 5.91 Å². The molecule has 6 bridgehead atoms. The van der Waals surface area contributed by atoms with Gasteiger partial charge in [0.05, 0.1) is 18.1 Å². The van der Waals surface area contributed by atoms with Gasteiger partial charge in [-0.25, -0.2) is 9.97 Å². The summed E-state index contributed by atoms with van der Waals surface area (Å²) in [5.41, 5.74) is 7.72. The smallest absolute Gasteiger partial charge is 0.278 e. The van der Waals surface area contributed by atoms with Crippen molar-refractivity contribution in [2.24, 2.45) is 0 Å². The van der Waals surface area contributed by atoms with Crippen LogP contribution in [0, 0.1) is 0 Å². The molecule has 2 aliphatic heterocycles. The van der Waals surface area contributed by atoms with Gasteiger partial charge in [0.25, 0.3) is 5.91 Å². The molecule has 5 rings (SSSR count). The predicted molar refractivity (Wildman–Crippen MR) is 110 cm³/mol. The van der Waals surface area contributed by atoms with Gasteiger partial charge in [-0.05, 0) is 12.1 Å². The second kappa shape index (κ2) is 7.60. The summed E-state index contributed by atoms with van der Waals surface area (Å²) in [6.45, 7) is 1.16. The van der Waals surface area contributed by atoms with Gasteiger partial charge in [0.2, 0.25) is 0 Å². The number of hydrogen-bond donors (Lipinski definition) is 3. The minimum Gasteiger partial charge on any atom is -0.490 e. The second-order valence-corrected chi connectivity index (χ2v) is 7.23. The standard InChI is InChI=1S/C21H20N6O3/c22-20-19-21(28)27-17-9-23-5-4-18(17)29-11-13-7-15(8-24-13)30-14-3-1-2-12(6-14)16(26-19)10-25-20/h1-6,9-10,13,15,24H,7-8,11H2,(H2,22,25)(H,27,28)/t13-,15+/m0/s1. The van der Waals surface area contributed by atoms with Crippen molar-refractivity contribution in [3.63, 3.8) is 0 Å². The van der Waals surface area contributed by atoms with Crippen LogP contribution in [0.1, 0.15) is 16.9 Å². The lowest BCUT2D eigenvalue weighted by molar-refractivity contribution is 0.102. The average molecular weight is 404 g/mol. The van der Waals surface area contributed by atoms with Gasteiger partial charge in [-0.15, -0.1) is 0 Å². The van der Waals surface area contributed by atoms with Gasteiger partial charge in [-0.1, -0.05) is 12.1 Å². The largest absolute Gasteiger partial charge is 0.490 e. The van der Waals surface area contributed by atoms with Crippen LogP contribution < -0.4 is 25.8 Å². The van der Waals surface area contributed by atoms with Gasteiger partial charge >= 0.3 is 0 Å². The summed E-state index contributed by atoms with van der Waals surface area (Å²) >= 11 is 0. The molecular weight excluding hydrogens is 384 g/mol. The first-order valence-electron chi connectivity index (χ1n) is 9.67. The molecule has 0 saturated carbocycles. The molecule has 2 atom stereocenters. The number of benzene rings is 1. The fourth-order valence-electron chi connectivity index (χ4n) is 3.60. The van der Waals surface area contributed by atoms with E-state index in [1.54, 1.807) is 18.5 Å². The van der Waals surface area contributed by atoms with Crippen LogP contribution in [0.25, 0.3) is 11.3 Å². The summed E-state index contributed by atoms with van der Waals surface area (Å²) in [6.07, 6.45) is 5.52. The maximum Gasteiger partial charge on any atom is 0.278 e. The van der Waals surface area contributed by atoms with E-state index in [2.05, 4.69) is 25.6 Å². The van der Waals surface area contributed by atoms with Gasteiger partial charge in [-0.2, -0.15) is 0 Å². The number of aromatic nitrogens is 3. The van der Waals surface area contributed by atoms with Gasteiger partial charge in [-0.3, -0.25) is 9.78 Å². The highest BCUT2D eigenvalue weighted by molar-refractivity contribution is 6.06. The van der Waals surface area contributed by atoms with Crippen LogP contribution >= 0.6 is 0 Å². The van der Waals surface area contributed by atoms with Crippen LogP contribution in [0.15, 0.2) is 48.9 Å². The van der Waals surface area contributed by atoms with Gasteiger partial charge < -0.3 is 25.8 Å². The Kier molecular flexibility index (Phi) is 4.64. The number of nitrogens with one attached hydrogen (secondary N) is 2. The molecule has 2 aliphatic rings. The molecule has 9 nitrogen and oxygen atoms in total. The summed E-state index contributed by atoms with van der Waals surface area (Å²) in [5.74, 6) is 0.801. The Morgan fingerprint density at radius 3 is 3.07 bits per heavy atom. The second-order valence-electron chi connectivity index (χ2n) is 7.23. The lowest BCUT2D eigenvalue weighted by Crippen LogP contribution is -2.28. The quantitative estimate of drug-likeness (QED) is 0.519. The minimum absolute atomic E-state index is 0.0301. The first-order valence-corrected chi connectivity index (χ1v) is 9.67. The lowest BCUT2D eigenvalue weighted by Gasteiger charge is -2.17. The molecule has 1 saturated heterocycles. The minimum atomic E-state index is -0.488. The van der Waals surface area contributed by atoms with Gasteiger partial charge in [0.15, 0.2) is 11.5 Å². The molecule has 0 unspecified atom stereocenters. The maximum absolute atomic E-state index is 12.9. The molecule has 152 valence electrons. The maximum atomic E-state index is 12.9. The number of nitrogen functional groups attached to an aromatic ring is 1. The molecule has 0 aliphatic carbocycles. The Morgan fingerprint density at radius 1 is 1.20 bits per heavy atom. The van der Waals surface area contributed by atoms with E-state index in [1.165, 1.54) is 6.20 Å². The average Bonchev–Trinajstić information content (AvgIpc) is 3.20. The summed E-state index contributed by atoms with van der Waals surface area (Å²) in [5, 5.41) is 6.21. The van der Waals surface area contributed by atoms with E-state index in [1.807, 2.05) is 24.3 Å². The zero-order valence-corrected chi connectivity index (χ0v) is 16.0. The van der Waals surface area contributed by atoms with Crippen LogP contribution in [0.3, 0.4) is 0 Å². The Hall–Kier alpha value is -3.72. The van der Waals surface area contributed by atoms with Crippen molar-refractivity contribution in [3.05, 3.63) is 54.6 Å². The number of nitrogens with two attached hydrogens (primary N) is 1. The molecule has 3 aromatic rings. The topological polar surface area (TPSA) is 124 Å². The third-order valence-electron chi connectivity index (χ3n) is 5.10. The molecule has 4 heterocycles. The van der Waals surface area contributed by atoms with E-state index in [9.17, 15) is 4.79 Å². The van der Waals surface area contributed by atoms with Crippen LogP contribution in [-0.4, -0.2) is 46.2 Å². The summed E-state index contributed by atoms with van der Waals surface area (Å²) in [6, 6.07) is 9.40. The van der Waals surface area contributed by atoms with E-state index in [4.69, 9.17) is 15.2 Å². The number of nitrogens with zero attached hydrogens (tertiary/aromatic N) is 3. The SMILES string of the molecule is Nc1ncc2nc1C(=O)Nc1cnccc1OC[C@@H]1C[C@H](CN1)Oc1cccc-2c1. The van der Waals surface area contributed by atoms with E-state index in [-0.39, 0.29) is 23.7 Å². The highest BCUT2D eigenvalue weighted by atomic mass is 16.5. The Balaban J connectivity index is 1.57. The molecule has 2 aromatic heterocycles. The van der Waals surface area contributed by atoms with Crippen molar-refractivity contribution in [2.75, 3.05) is 24.2 Å². The monoisotopic (exact) mass is 404 g/mol. The molecule has 1 amide bonds. The highest BCUT2D eigenvalue weighted by Crippen LogP contribution is 2.28. The molecule has 1 aromatic carbocycles. The number of hydrogen-bond acceptors (Lipinski definition) is 8. The number of carbonyl (C=O) groups is 1. The van der Waals surface area contributed by atoms with Crippen molar-refractivity contribution in [1.29, 1.82) is 0 Å². The van der Waals surface area contributed by atoms with Crippen molar-refractivity contribution in [1.82, 2.24) is 20.3 Å². The number of rotatable bonds is 0. The lowest BCUT2D eigenvalue weighted by atomic mass is 10.1. The zero-order valence-electron chi connectivity index (χ0n) is 16.0. The normalized spacial score (nSPS) is 20.5. The van der Waals surface area contributed by atoms with Crippen LogP contribution in [-0.2, 0) is 0 Å². The Morgan fingerprint density at radius 2 is 2.13 bits per heavy atom. The Labute approximate surface area is 172 Å². The number of amides is 1. The molecule has 1 fully saturated rings. The number of carbonyl (C=O) groups excluding carboxylic acids is 1. The zero-order chi connectivity index (χ0) is 20.5. The molecule has 4 N–H and O–H groups in total. The number of anilines is 2. The first kappa shape index (κ1) is 18.3. The van der Waals surface area contributed by atoms with Crippen LogP contribution in [0.4, 0.5) is 11.5 Å². The predicted octanol–water partition coefficient (Wildman–Crippen LogP) is 1.87. The number of pyridine rings is 1. The van der Waals surface area contributed by atoms with Crippen LogP contribution in [0.2, 0.25) is 0 Å². The number of fused-ring (bicyclic) bond motifs is 8. The van der Waals surface area contributed by atoms with Crippen molar-refractivity contribution in [3.8, 4) is 22.8 Å². The fourth-order valence-corrected chi connectivity index (χ4v) is 3.60. The van der Waals surface area contributed by atoms with Crippen molar-refractivity contribution < 1.29 is 14.3 Å². The van der Waals surface area contributed by atoms with Gasteiger partial charge in [0, 0.05) is 36.8 Å². The van der Waals surface area contributed by atoms with E-state index in [0.717, 1.165) is 24.3 Å². The summed E-state index contributed by atoms with van der Waals surface area (Å²) < 4.78 is 12.1. The van der Waals surface area contributed by atoms with E-state index in [0.29, 0.717) is 23.7 Å². The Bertz CT molecular complexity index is 1110. The highest BCUT2D eigenvalue weighted by Gasteiger charge is 2.27. The molecule has 30 heavy (non-hydrogen) atoms.